The Morgan fingerprint density at radius 2 is 2.23 bits per heavy atom. The van der Waals surface area contributed by atoms with Gasteiger partial charge >= 0.3 is 0 Å². The van der Waals surface area contributed by atoms with Gasteiger partial charge in [-0.15, -0.1) is 12.6 Å². The zero-order chi connectivity index (χ0) is 9.42. The molecule has 0 unspecified atom stereocenters. The number of anilines is 1. The van der Waals surface area contributed by atoms with Gasteiger partial charge in [-0.1, -0.05) is 0 Å². The first-order chi connectivity index (χ1) is 6.20. The van der Waals surface area contributed by atoms with E-state index in [-0.39, 0.29) is 4.90 Å². The molecule has 0 spiro atoms. The zero-order valence-electron chi connectivity index (χ0n) is 6.66. The monoisotopic (exact) mass is 194 g/mol. The van der Waals surface area contributed by atoms with Gasteiger partial charge in [-0.05, 0) is 18.2 Å². The first-order valence-corrected chi connectivity index (χ1v) is 4.16. The van der Waals surface area contributed by atoms with Gasteiger partial charge in [0.15, 0.2) is 0 Å². The highest BCUT2D eigenvalue weighted by molar-refractivity contribution is 7.80. The zero-order valence-corrected chi connectivity index (χ0v) is 7.55. The van der Waals surface area contributed by atoms with Crippen molar-refractivity contribution in [1.29, 1.82) is 0 Å². The number of benzene rings is 1. The van der Waals surface area contributed by atoms with E-state index in [9.17, 15) is 4.39 Å². The Bertz CT molecular complexity index is 470. The molecule has 2 rings (SSSR count). The topological polar surface area (TPSA) is 38.9 Å². The van der Waals surface area contributed by atoms with Crippen LogP contribution >= 0.6 is 12.6 Å². The number of fused-ring (bicyclic) bond motifs is 1. The lowest BCUT2D eigenvalue weighted by molar-refractivity contribution is 0.606. The smallest absolute Gasteiger partial charge is 0.140 e. The molecule has 0 aliphatic rings. The second-order valence-electron chi connectivity index (χ2n) is 2.70. The van der Waals surface area contributed by atoms with Gasteiger partial charge in [0.1, 0.15) is 5.82 Å². The number of pyridine rings is 1. The summed E-state index contributed by atoms with van der Waals surface area (Å²) in [5.74, 6) is -0.438. The second kappa shape index (κ2) is 2.88. The van der Waals surface area contributed by atoms with Crippen molar-refractivity contribution in [1.82, 2.24) is 4.98 Å². The number of nitrogen functional groups attached to an aromatic ring is 1. The molecule has 0 bridgehead atoms. The van der Waals surface area contributed by atoms with Crippen LogP contribution in [0.5, 0.6) is 0 Å². The molecule has 1 aromatic heterocycles. The second-order valence-corrected chi connectivity index (χ2v) is 3.14. The van der Waals surface area contributed by atoms with Crippen LogP contribution in [0.4, 0.5) is 10.1 Å². The summed E-state index contributed by atoms with van der Waals surface area (Å²) in [4.78, 5) is 4.25. The van der Waals surface area contributed by atoms with Gasteiger partial charge in [0, 0.05) is 17.3 Å². The van der Waals surface area contributed by atoms with Gasteiger partial charge in [-0.25, -0.2) is 4.39 Å². The fraction of sp³-hybridized carbons (Fsp3) is 0. The molecule has 0 saturated carbocycles. The minimum atomic E-state index is -0.438. The summed E-state index contributed by atoms with van der Waals surface area (Å²) < 4.78 is 13.1. The Balaban J connectivity index is 2.97. The van der Waals surface area contributed by atoms with Crippen LogP contribution in [0.2, 0.25) is 0 Å². The van der Waals surface area contributed by atoms with Crippen LogP contribution in [-0.2, 0) is 0 Å². The van der Waals surface area contributed by atoms with E-state index in [2.05, 4.69) is 17.6 Å². The molecular weight excluding hydrogens is 187 g/mol. The number of rotatable bonds is 0. The van der Waals surface area contributed by atoms with Gasteiger partial charge in [0.25, 0.3) is 0 Å². The molecule has 0 aliphatic heterocycles. The van der Waals surface area contributed by atoms with Crippen molar-refractivity contribution in [3.8, 4) is 0 Å². The summed E-state index contributed by atoms with van der Waals surface area (Å²) in [6, 6.07) is 4.80. The highest BCUT2D eigenvalue weighted by Crippen LogP contribution is 2.27. The van der Waals surface area contributed by atoms with Gasteiger partial charge in [-0.2, -0.15) is 0 Å². The lowest BCUT2D eigenvalue weighted by atomic mass is 10.2. The van der Waals surface area contributed by atoms with Crippen molar-refractivity contribution >= 4 is 29.2 Å². The number of hydrogen-bond acceptors (Lipinski definition) is 3. The average molecular weight is 194 g/mol. The first-order valence-electron chi connectivity index (χ1n) is 3.72. The summed E-state index contributed by atoms with van der Waals surface area (Å²) in [5.41, 5.74) is 6.50. The molecular formula is C9H7FN2S. The molecule has 2 nitrogen and oxygen atoms in total. The highest BCUT2D eigenvalue weighted by atomic mass is 32.1. The maximum atomic E-state index is 13.1. The lowest BCUT2D eigenvalue weighted by Crippen LogP contribution is -1.92. The van der Waals surface area contributed by atoms with E-state index in [0.29, 0.717) is 11.2 Å². The number of thiol groups is 1. The van der Waals surface area contributed by atoms with E-state index in [4.69, 9.17) is 5.73 Å². The van der Waals surface area contributed by atoms with E-state index < -0.39 is 5.82 Å². The van der Waals surface area contributed by atoms with Crippen LogP contribution in [0.15, 0.2) is 29.3 Å². The molecule has 0 saturated heterocycles. The largest absolute Gasteiger partial charge is 0.398 e. The number of nitrogens with zero attached hydrogens (tertiary/aromatic N) is 1. The molecule has 0 aliphatic carbocycles. The molecule has 2 aromatic rings. The Labute approximate surface area is 80.0 Å². The molecule has 1 aromatic carbocycles. The fourth-order valence-electron chi connectivity index (χ4n) is 1.22. The fourth-order valence-corrected chi connectivity index (χ4v) is 1.47. The minimum Gasteiger partial charge on any atom is -0.398 e. The first kappa shape index (κ1) is 8.31. The standard InChI is InChI=1S/C9H7FN2S/c10-6-4-7(11)5-2-1-3-12-8(5)9(6)13/h1-4,13H,11H2. The minimum absolute atomic E-state index is 0.241. The van der Waals surface area contributed by atoms with Gasteiger partial charge in [0.05, 0.1) is 10.4 Å². The van der Waals surface area contributed by atoms with E-state index in [1.54, 1.807) is 18.3 Å². The maximum Gasteiger partial charge on any atom is 0.140 e. The molecule has 4 heteroatoms. The number of aromatic nitrogens is 1. The van der Waals surface area contributed by atoms with Crippen LogP contribution in [-0.4, -0.2) is 4.98 Å². The molecule has 0 amide bonds. The Kier molecular flexibility index (Phi) is 1.84. The van der Waals surface area contributed by atoms with Crippen LogP contribution in [0.1, 0.15) is 0 Å². The molecule has 66 valence electrons. The van der Waals surface area contributed by atoms with Crippen molar-refractivity contribution in [3.05, 3.63) is 30.2 Å². The third-order valence-electron chi connectivity index (χ3n) is 1.85. The molecule has 0 atom stereocenters. The lowest BCUT2D eigenvalue weighted by Gasteiger charge is -2.04. The molecule has 13 heavy (non-hydrogen) atoms. The number of hydrogen-bond donors (Lipinski definition) is 2. The SMILES string of the molecule is Nc1cc(F)c(S)c2ncccc12. The summed E-state index contributed by atoms with van der Waals surface area (Å²) in [6.45, 7) is 0. The Hall–Kier alpha value is -1.29. The molecule has 0 radical (unpaired) electrons. The third kappa shape index (κ3) is 1.23. The number of nitrogens with two attached hydrogens (primary N) is 1. The average Bonchev–Trinajstić information content (AvgIpc) is 2.15. The van der Waals surface area contributed by atoms with Gasteiger partial charge in [-0.3, -0.25) is 4.98 Å². The van der Waals surface area contributed by atoms with E-state index in [0.717, 1.165) is 5.39 Å². The summed E-state index contributed by atoms with van der Waals surface area (Å²) >= 11 is 4.02. The Morgan fingerprint density at radius 1 is 1.46 bits per heavy atom. The van der Waals surface area contributed by atoms with Crippen LogP contribution in [0, 0.1) is 5.82 Å². The quantitative estimate of drug-likeness (QED) is 0.498. The molecule has 1 heterocycles. The van der Waals surface area contributed by atoms with Crippen LogP contribution in [0.3, 0.4) is 0 Å². The molecule has 2 N–H and O–H groups in total. The Morgan fingerprint density at radius 3 is 3.00 bits per heavy atom. The van der Waals surface area contributed by atoms with Crippen molar-refractivity contribution in [3.63, 3.8) is 0 Å². The predicted molar refractivity (Wildman–Crippen MR) is 53.4 cm³/mol. The van der Waals surface area contributed by atoms with E-state index in [1.807, 2.05) is 0 Å². The van der Waals surface area contributed by atoms with Crippen molar-refractivity contribution in [2.45, 2.75) is 4.90 Å². The van der Waals surface area contributed by atoms with Gasteiger partial charge < -0.3 is 5.73 Å². The van der Waals surface area contributed by atoms with E-state index in [1.165, 1.54) is 6.07 Å². The molecule has 0 fully saturated rings. The third-order valence-corrected chi connectivity index (χ3v) is 2.28. The van der Waals surface area contributed by atoms with Crippen molar-refractivity contribution in [2.24, 2.45) is 0 Å². The normalized spacial score (nSPS) is 10.6. The number of halogens is 1. The summed E-state index contributed by atoms with van der Waals surface area (Å²) in [6.07, 6.45) is 1.58. The van der Waals surface area contributed by atoms with Crippen molar-refractivity contribution < 1.29 is 4.39 Å². The van der Waals surface area contributed by atoms with Crippen LogP contribution in [0.25, 0.3) is 10.9 Å². The predicted octanol–water partition coefficient (Wildman–Crippen LogP) is 2.24. The van der Waals surface area contributed by atoms with Gasteiger partial charge in [0.2, 0.25) is 0 Å². The maximum absolute atomic E-state index is 13.1. The highest BCUT2D eigenvalue weighted by Gasteiger charge is 2.07. The summed E-state index contributed by atoms with van der Waals surface area (Å²) in [5, 5.41) is 0.730. The van der Waals surface area contributed by atoms with Crippen molar-refractivity contribution in [2.75, 3.05) is 5.73 Å². The van der Waals surface area contributed by atoms with Crippen LogP contribution < -0.4 is 5.73 Å². The van der Waals surface area contributed by atoms with E-state index >= 15 is 0 Å². The summed E-state index contributed by atoms with van der Waals surface area (Å²) in [7, 11) is 0.